The Morgan fingerprint density at radius 3 is 2.44 bits per heavy atom. The number of hydrogen-bond acceptors (Lipinski definition) is 3. The Labute approximate surface area is 113 Å². The third kappa shape index (κ3) is 2.46. The van der Waals surface area contributed by atoms with Crippen LogP contribution < -0.4 is 0 Å². The van der Waals surface area contributed by atoms with Gasteiger partial charge in [-0.05, 0) is 34.8 Å². The SMILES string of the molecule is O=S(=O)(c1cc(Cl)c(Br)s1)N1CCCCC1. The van der Waals surface area contributed by atoms with Crippen molar-refractivity contribution in [3.63, 3.8) is 0 Å². The molecule has 1 aliphatic rings. The molecule has 3 nitrogen and oxygen atoms in total. The second-order valence-corrected chi connectivity index (χ2v) is 8.59. The molecule has 0 radical (unpaired) electrons. The Balaban J connectivity index is 2.30. The molecule has 90 valence electrons. The fourth-order valence-electron chi connectivity index (χ4n) is 1.69. The topological polar surface area (TPSA) is 37.4 Å². The Morgan fingerprint density at radius 1 is 1.31 bits per heavy atom. The minimum atomic E-state index is -3.33. The van der Waals surface area contributed by atoms with Crippen LogP contribution in [-0.2, 0) is 10.0 Å². The van der Waals surface area contributed by atoms with Gasteiger partial charge in [0.1, 0.15) is 4.21 Å². The number of thiophene rings is 1. The summed E-state index contributed by atoms with van der Waals surface area (Å²) in [6.07, 6.45) is 3.00. The van der Waals surface area contributed by atoms with E-state index in [0.29, 0.717) is 26.1 Å². The summed E-state index contributed by atoms with van der Waals surface area (Å²) in [7, 11) is -3.33. The number of hydrogen-bond donors (Lipinski definition) is 0. The van der Waals surface area contributed by atoms with Gasteiger partial charge in [0.2, 0.25) is 0 Å². The second-order valence-electron chi connectivity index (χ2n) is 3.65. The number of halogens is 2. The molecular formula is C9H11BrClNO2S2. The third-order valence-electron chi connectivity index (χ3n) is 2.53. The van der Waals surface area contributed by atoms with E-state index in [0.717, 1.165) is 19.3 Å². The van der Waals surface area contributed by atoms with E-state index < -0.39 is 10.0 Å². The van der Waals surface area contributed by atoms with Gasteiger partial charge < -0.3 is 0 Å². The highest BCUT2D eigenvalue weighted by Crippen LogP contribution is 2.36. The summed E-state index contributed by atoms with van der Waals surface area (Å²) in [5.41, 5.74) is 0. The van der Waals surface area contributed by atoms with Gasteiger partial charge >= 0.3 is 0 Å². The quantitative estimate of drug-likeness (QED) is 0.825. The van der Waals surface area contributed by atoms with Crippen molar-refractivity contribution in [1.82, 2.24) is 4.31 Å². The van der Waals surface area contributed by atoms with Crippen molar-refractivity contribution >= 4 is 48.9 Å². The molecule has 1 aromatic rings. The predicted octanol–water partition coefficient (Wildman–Crippen LogP) is 3.34. The highest BCUT2D eigenvalue weighted by atomic mass is 79.9. The van der Waals surface area contributed by atoms with Crippen LogP contribution in [0.15, 0.2) is 14.1 Å². The summed E-state index contributed by atoms with van der Waals surface area (Å²) < 4.78 is 27.0. The molecule has 1 fully saturated rings. The van der Waals surface area contributed by atoms with E-state index in [1.807, 2.05) is 0 Å². The molecule has 0 bridgehead atoms. The van der Waals surface area contributed by atoms with Crippen LogP contribution in [0.4, 0.5) is 0 Å². The molecular weight excluding hydrogens is 334 g/mol. The minimum absolute atomic E-state index is 0.325. The Kier molecular flexibility index (Phi) is 3.96. The number of rotatable bonds is 2. The molecule has 0 amide bonds. The van der Waals surface area contributed by atoms with Crippen LogP contribution in [0, 0.1) is 0 Å². The lowest BCUT2D eigenvalue weighted by Gasteiger charge is -2.24. The average molecular weight is 345 g/mol. The molecule has 0 aliphatic carbocycles. The molecule has 1 aromatic heterocycles. The standard InChI is InChI=1S/C9H11BrClNO2S2/c10-9-7(11)6-8(15-9)16(13,14)12-4-2-1-3-5-12/h6H,1-5H2. The van der Waals surface area contributed by atoms with E-state index >= 15 is 0 Å². The summed E-state index contributed by atoms with van der Waals surface area (Å²) >= 11 is 10.3. The van der Waals surface area contributed by atoms with Gasteiger partial charge in [0.15, 0.2) is 0 Å². The van der Waals surface area contributed by atoms with Crippen LogP contribution >= 0.6 is 38.9 Å². The molecule has 0 saturated carbocycles. The maximum Gasteiger partial charge on any atom is 0.252 e. The van der Waals surface area contributed by atoms with Crippen LogP contribution in [0.5, 0.6) is 0 Å². The van der Waals surface area contributed by atoms with Crippen molar-refractivity contribution in [2.24, 2.45) is 0 Å². The maximum atomic E-state index is 12.2. The lowest BCUT2D eigenvalue weighted by Crippen LogP contribution is -2.35. The zero-order valence-corrected chi connectivity index (χ0v) is 12.4. The minimum Gasteiger partial charge on any atom is -0.206 e. The van der Waals surface area contributed by atoms with Gasteiger partial charge in [-0.25, -0.2) is 8.42 Å². The summed E-state index contributed by atoms with van der Waals surface area (Å²) in [6.45, 7) is 1.24. The van der Waals surface area contributed by atoms with Crippen molar-refractivity contribution in [2.45, 2.75) is 23.5 Å². The van der Waals surface area contributed by atoms with Gasteiger partial charge in [-0.1, -0.05) is 18.0 Å². The van der Waals surface area contributed by atoms with E-state index in [2.05, 4.69) is 15.9 Å². The molecule has 16 heavy (non-hydrogen) atoms. The van der Waals surface area contributed by atoms with Gasteiger partial charge in [0.25, 0.3) is 10.0 Å². The summed E-state index contributed by atoms with van der Waals surface area (Å²) in [6, 6.07) is 1.51. The smallest absolute Gasteiger partial charge is 0.206 e. The fourth-order valence-corrected chi connectivity index (χ4v) is 5.76. The normalized spacial score (nSPS) is 18.9. The third-order valence-corrected chi connectivity index (χ3v) is 7.35. The summed E-state index contributed by atoms with van der Waals surface area (Å²) in [5, 5.41) is 0.459. The maximum absolute atomic E-state index is 12.2. The lowest BCUT2D eigenvalue weighted by atomic mass is 10.2. The summed E-state index contributed by atoms with van der Waals surface area (Å²) in [4.78, 5) is 0. The molecule has 0 atom stereocenters. The van der Waals surface area contributed by atoms with E-state index in [1.54, 1.807) is 4.31 Å². The fraction of sp³-hybridized carbons (Fsp3) is 0.556. The molecule has 1 aliphatic heterocycles. The number of sulfonamides is 1. The van der Waals surface area contributed by atoms with Gasteiger partial charge in [-0.3, -0.25) is 0 Å². The highest BCUT2D eigenvalue weighted by molar-refractivity contribution is 9.11. The molecule has 2 rings (SSSR count). The van der Waals surface area contributed by atoms with Crippen molar-refractivity contribution in [3.8, 4) is 0 Å². The van der Waals surface area contributed by atoms with Crippen molar-refractivity contribution in [3.05, 3.63) is 14.9 Å². The molecule has 0 spiro atoms. The molecule has 0 N–H and O–H groups in total. The molecule has 0 unspecified atom stereocenters. The van der Waals surface area contributed by atoms with Crippen molar-refractivity contribution in [2.75, 3.05) is 13.1 Å². The van der Waals surface area contributed by atoms with Crippen LogP contribution in [-0.4, -0.2) is 25.8 Å². The zero-order valence-electron chi connectivity index (χ0n) is 8.45. The first-order valence-corrected chi connectivity index (χ1v) is 8.39. The van der Waals surface area contributed by atoms with E-state index in [9.17, 15) is 8.42 Å². The molecule has 7 heteroatoms. The number of piperidine rings is 1. The first kappa shape index (κ1) is 12.8. The van der Waals surface area contributed by atoms with Gasteiger partial charge in [0.05, 0.1) is 8.81 Å². The average Bonchev–Trinajstić information content (AvgIpc) is 2.61. The number of nitrogens with zero attached hydrogens (tertiary/aromatic N) is 1. The first-order chi connectivity index (χ1) is 7.51. The van der Waals surface area contributed by atoms with Crippen LogP contribution in [0.1, 0.15) is 19.3 Å². The van der Waals surface area contributed by atoms with E-state index in [4.69, 9.17) is 11.6 Å². The molecule has 2 heterocycles. The summed E-state index contributed by atoms with van der Waals surface area (Å²) in [5.74, 6) is 0. The second kappa shape index (κ2) is 4.94. The largest absolute Gasteiger partial charge is 0.252 e. The van der Waals surface area contributed by atoms with Crippen molar-refractivity contribution < 1.29 is 8.42 Å². The Bertz CT molecular complexity index is 460. The predicted molar refractivity (Wildman–Crippen MR) is 69.6 cm³/mol. The lowest BCUT2D eigenvalue weighted by molar-refractivity contribution is 0.347. The van der Waals surface area contributed by atoms with E-state index in [1.165, 1.54) is 17.4 Å². The van der Waals surface area contributed by atoms with Gasteiger partial charge in [-0.15, -0.1) is 11.3 Å². The van der Waals surface area contributed by atoms with Gasteiger partial charge in [0, 0.05) is 13.1 Å². The first-order valence-electron chi connectivity index (χ1n) is 4.97. The highest BCUT2D eigenvalue weighted by Gasteiger charge is 2.28. The van der Waals surface area contributed by atoms with Crippen LogP contribution in [0.25, 0.3) is 0 Å². The van der Waals surface area contributed by atoms with Crippen LogP contribution in [0.3, 0.4) is 0 Å². The van der Waals surface area contributed by atoms with Gasteiger partial charge in [-0.2, -0.15) is 4.31 Å². The molecule has 1 saturated heterocycles. The van der Waals surface area contributed by atoms with Crippen LogP contribution in [0.2, 0.25) is 5.02 Å². The Morgan fingerprint density at radius 2 is 1.94 bits per heavy atom. The Hall–Kier alpha value is 0.380. The molecule has 0 aromatic carbocycles. The zero-order chi connectivity index (χ0) is 11.8. The van der Waals surface area contributed by atoms with Crippen molar-refractivity contribution in [1.29, 1.82) is 0 Å². The monoisotopic (exact) mass is 343 g/mol. The van der Waals surface area contributed by atoms with E-state index in [-0.39, 0.29) is 0 Å².